The van der Waals surface area contributed by atoms with E-state index in [4.69, 9.17) is 0 Å². The maximum Gasteiger partial charge on any atom is 0.283 e. The Bertz CT molecular complexity index is 501. The van der Waals surface area contributed by atoms with Crippen LogP contribution < -0.4 is 5.32 Å². The van der Waals surface area contributed by atoms with Gasteiger partial charge >= 0.3 is 0 Å². The van der Waals surface area contributed by atoms with Crippen LogP contribution in [0.15, 0.2) is 22.7 Å². The molecule has 0 heterocycles. The van der Waals surface area contributed by atoms with Crippen molar-refractivity contribution in [2.45, 2.75) is 32.2 Å². The van der Waals surface area contributed by atoms with Gasteiger partial charge in [0.05, 0.1) is 9.40 Å². The van der Waals surface area contributed by atoms with Crippen LogP contribution in [0.2, 0.25) is 0 Å². The largest absolute Gasteiger partial charge is 0.312 e. The highest BCUT2D eigenvalue weighted by Crippen LogP contribution is 2.48. The van der Waals surface area contributed by atoms with Crippen LogP contribution in [0.1, 0.15) is 31.2 Å². The average Bonchev–Trinajstić information content (AvgIpc) is 3.27. The number of rotatable bonds is 7. The van der Waals surface area contributed by atoms with Gasteiger partial charge in [-0.2, -0.15) is 0 Å². The molecule has 0 amide bonds. The van der Waals surface area contributed by atoms with Crippen molar-refractivity contribution in [3.05, 3.63) is 38.3 Å². The summed E-state index contributed by atoms with van der Waals surface area (Å²) < 4.78 is 0.604. The quantitative estimate of drug-likeness (QED) is 0.606. The molecule has 2 fully saturated rings. The third kappa shape index (κ3) is 3.20. The van der Waals surface area contributed by atoms with E-state index in [-0.39, 0.29) is 10.6 Å². The van der Waals surface area contributed by atoms with Crippen molar-refractivity contribution in [2.75, 3.05) is 6.54 Å². The zero-order chi connectivity index (χ0) is 14.1. The summed E-state index contributed by atoms with van der Waals surface area (Å²) in [6, 6.07) is 5.22. The molecular formula is C15H19BrN2O2. The van der Waals surface area contributed by atoms with E-state index in [1.54, 1.807) is 6.07 Å². The lowest BCUT2D eigenvalue weighted by Gasteiger charge is -2.16. The number of nitrogens with one attached hydrogen (secondary N) is 1. The van der Waals surface area contributed by atoms with E-state index in [0.29, 0.717) is 11.0 Å². The minimum Gasteiger partial charge on any atom is -0.312 e. The molecule has 0 saturated heterocycles. The second kappa shape index (κ2) is 5.82. The Hall–Kier alpha value is -0.940. The van der Waals surface area contributed by atoms with Crippen molar-refractivity contribution in [1.29, 1.82) is 0 Å². The van der Waals surface area contributed by atoms with E-state index in [1.165, 1.54) is 31.7 Å². The van der Waals surface area contributed by atoms with Crippen LogP contribution in [0.5, 0.6) is 0 Å². The number of hydrogen-bond acceptors (Lipinski definition) is 3. The zero-order valence-electron chi connectivity index (χ0n) is 11.3. The molecule has 108 valence electrons. The number of benzene rings is 1. The van der Waals surface area contributed by atoms with Crippen molar-refractivity contribution < 1.29 is 4.92 Å². The van der Waals surface area contributed by atoms with Gasteiger partial charge in [0.25, 0.3) is 5.69 Å². The summed E-state index contributed by atoms with van der Waals surface area (Å²) in [6.45, 7) is 1.74. The molecule has 2 aliphatic carbocycles. The smallest absolute Gasteiger partial charge is 0.283 e. The van der Waals surface area contributed by atoms with E-state index >= 15 is 0 Å². The summed E-state index contributed by atoms with van der Waals surface area (Å²) >= 11 is 3.35. The normalized spacial score (nSPS) is 18.5. The number of nitrogens with zero attached hydrogens (tertiary/aromatic N) is 1. The van der Waals surface area contributed by atoms with E-state index in [1.807, 2.05) is 6.07 Å². The Kier molecular flexibility index (Phi) is 4.08. The molecule has 1 aromatic carbocycles. The lowest BCUT2D eigenvalue weighted by Crippen LogP contribution is -2.25. The van der Waals surface area contributed by atoms with Gasteiger partial charge in [-0.05, 0) is 71.5 Å². The number of nitro benzene ring substituents is 1. The van der Waals surface area contributed by atoms with Gasteiger partial charge in [0, 0.05) is 12.6 Å². The van der Waals surface area contributed by atoms with E-state index in [0.717, 1.165) is 29.9 Å². The van der Waals surface area contributed by atoms with Crippen molar-refractivity contribution in [3.63, 3.8) is 0 Å². The van der Waals surface area contributed by atoms with E-state index < -0.39 is 0 Å². The molecule has 5 heteroatoms. The lowest BCUT2D eigenvalue weighted by atomic mass is 9.98. The Morgan fingerprint density at radius 1 is 1.30 bits per heavy atom. The minimum atomic E-state index is -0.342. The van der Waals surface area contributed by atoms with Crippen molar-refractivity contribution >= 4 is 21.6 Å². The fourth-order valence-corrected chi connectivity index (χ4v) is 3.53. The second-order valence-electron chi connectivity index (χ2n) is 5.98. The molecule has 4 nitrogen and oxygen atoms in total. The Balaban J connectivity index is 1.57. The first-order chi connectivity index (χ1) is 9.66. The molecule has 2 aliphatic rings. The average molecular weight is 339 g/mol. The third-order valence-electron chi connectivity index (χ3n) is 4.41. The third-order valence-corrected chi connectivity index (χ3v) is 5.32. The van der Waals surface area contributed by atoms with Crippen LogP contribution in [0.3, 0.4) is 0 Å². The fraction of sp³-hybridized carbons (Fsp3) is 0.600. The molecule has 0 unspecified atom stereocenters. The van der Waals surface area contributed by atoms with Crippen LogP contribution in [-0.2, 0) is 6.54 Å². The van der Waals surface area contributed by atoms with Crippen molar-refractivity contribution in [1.82, 2.24) is 5.32 Å². The molecule has 0 atom stereocenters. The predicted octanol–water partition coefficient (Wildman–Crippen LogP) is 3.88. The summed E-state index contributed by atoms with van der Waals surface area (Å²) in [4.78, 5) is 10.6. The molecule has 0 aromatic heterocycles. The summed E-state index contributed by atoms with van der Waals surface area (Å²) in [7, 11) is 0. The van der Waals surface area contributed by atoms with Crippen LogP contribution in [0.4, 0.5) is 5.69 Å². The Morgan fingerprint density at radius 2 is 1.95 bits per heavy atom. The maximum absolute atomic E-state index is 10.9. The number of hydrogen-bond donors (Lipinski definition) is 1. The molecular weight excluding hydrogens is 320 g/mol. The number of halogens is 1. The highest BCUT2D eigenvalue weighted by atomic mass is 79.9. The predicted molar refractivity (Wildman–Crippen MR) is 81.4 cm³/mol. The van der Waals surface area contributed by atoms with Crippen LogP contribution in [0.25, 0.3) is 0 Å². The van der Waals surface area contributed by atoms with Gasteiger partial charge in [0.2, 0.25) is 0 Å². The van der Waals surface area contributed by atoms with Gasteiger partial charge in [0.15, 0.2) is 0 Å². The van der Waals surface area contributed by atoms with Gasteiger partial charge < -0.3 is 5.32 Å². The SMILES string of the molecule is O=[N+]([O-])c1cccc(CNCC(C2CC2)C2CC2)c1Br. The van der Waals surface area contributed by atoms with Crippen molar-refractivity contribution in [3.8, 4) is 0 Å². The topological polar surface area (TPSA) is 55.2 Å². The number of nitro groups is 1. The first kappa shape index (κ1) is 14.0. The molecule has 0 radical (unpaired) electrons. The molecule has 2 saturated carbocycles. The minimum absolute atomic E-state index is 0.144. The standard InChI is InChI=1S/C15H19BrN2O2/c16-15-12(2-1-3-14(15)18(19)20)8-17-9-13(10-4-5-10)11-6-7-11/h1-3,10-11,13,17H,4-9H2. The zero-order valence-corrected chi connectivity index (χ0v) is 12.9. The highest BCUT2D eigenvalue weighted by molar-refractivity contribution is 9.10. The highest BCUT2D eigenvalue weighted by Gasteiger charge is 2.40. The Morgan fingerprint density at radius 3 is 2.50 bits per heavy atom. The second-order valence-corrected chi connectivity index (χ2v) is 6.77. The molecule has 1 aromatic rings. The lowest BCUT2D eigenvalue weighted by molar-refractivity contribution is -0.385. The summed E-state index contributed by atoms with van der Waals surface area (Å²) in [5, 5.41) is 14.4. The molecule has 3 rings (SSSR count). The summed E-state index contributed by atoms with van der Waals surface area (Å²) in [6.07, 6.45) is 5.57. The van der Waals surface area contributed by atoms with Gasteiger partial charge in [-0.1, -0.05) is 12.1 Å². The van der Waals surface area contributed by atoms with Gasteiger partial charge in [-0.3, -0.25) is 10.1 Å². The van der Waals surface area contributed by atoms with E-state index in [9.17, 15) is 10.1 Å². The van der Waals surface area contributed by atoms with Gasteiger partial charge in [0.1, 0.15) is 0 Å². The van der Waals surface area contributed by atoms with Crippen LogP contribution in [-0.4, -0.2) is 11.5 Å². The van der Waals surface area contributed by atoms with Gasteiger partial charge in [-0.15, -0.1) is 0 Å². The first-order valence-corrected chi connectivity index (χ1v) is 8.08. The summed E-state index contributed by atoms with van der Waals surface area (Å²) in [5.74, 6) is 2.69. The molecule has 1 N–H and O–H groups in total. The summed E-state index contributed by atoms with van der Waals surface area (Å²) in [5.41, 5.74) is 1.11. The van der Waals surface area contributed by atoms with Crippen molar-refractivity contribution in [2.24, 2.45) is 17.8 Å². The van der Waals surface area contributed by atoms with E-state index in [2.05, 4.69) is 21.2 Å². The maximum atomic E-state index is 10.9. The fourth-order valence-electron chi connectivity index (χ4n) is 2.98. The van der Waals surface area contributed by atoms with Gasteiger partial charge in [-0.25, -0.2) is 0 Å². The molecule has 0 spiro atoms. The molecule has 0 aliphatic heterocycles. The molecule has 20 heavy (non-hydrogen) atoms. The molecule has 0 bridgehead atoms. The van der Waals surface area contributed by atoms with Crippen LogP contribution in [0, 0.1) is 27.9 Å². The monoisotopic (exact) mass is 338 g/mol. The Labute approximate surface area is 127 Å². The first-order valence-electron chi connectivity index (χ1n) is 7.29. The van der Waals surface area contributed by atoms with Crippen LogP contribution >= 0.6 is 15.9 Å².